The molecule has 0 N–H and O–H groups in total. The normalized spacial score (nSPS) is 17.4. The van der Waals surface area contributed by atoms with Crippen LogP contribution in [-0.4, -0.2) is 78.8 Å². The number of oxime groups is 1. The summed E-state index contributed by atoms with van der Waals surface area (Å²) in [5.41, 5.74) is 0.599. The maximum absolute atomic E-state index is 10.7. The number of morpholine rings is 1. The van der Waals surface area contributed by atoms with E-state index in [1.807, 2.05) is 32.2 Å². The quantitative estimate of drug-likeness (QED) is 0.171. The van der Waals surface area contributed by atoms with Crippen LogP contribution < -0.4 is 0 Å². The second-order valence-corrected chi connectivity index (χ2v) is 8.00. The molecule has 1 aromatic rings. The molecule has 0 radical (unpaired) electrons. The minimum atomic E-state index is -10.7. The molecule has 0 unspecified atom stereocenters. The van der Waals surface area contributed by atoms with Crippen LogP contribution in [0.3, 0.4) is 0 Å². The van der Waals surface area contributed by atoms with E-state index in [4.69, 9.17) is 9.57 Å². The van der Waals surface area contributed by atoms with E-state index in [1.54, 1.807) is 29.0 Å². The third-order valence-corrected chi connectivity index (χ3v) is 3.30. The summed E-state index contributed by atoms with van der Waals surface area (Å²) in [5.74, 6) is 0. The SMILES string of the molecule is CN(C(ON=C(C#N)c1ccccn1)=[N+](C)C)N1CCOCC1.F[P-](F)(F)(F)(F)F. The zero-order chi connectivity index (χ0) is 23.1. The van der Waals surface area contributed by atoms with Gasteiger partial charge in [0, 0.05) is 6.20 Å². The van der Waals surface area contributed by atoms with Gasteiger partial charge in [0.2, 0.25) is 5.71 Å². The second kappa shape index (κ2) is 9.11. The number of nitrogens with zero attached hydrogens (tertiary/aromatic N) is 6. The van der Waals surface area contributed by atoms with Gasteiger partial charge < -0.3 is 4.74 Å². The Labute approximate surface area is 168 Å². The summed E-state index contributed by atoms with van der Waals surface area (Å²) in [5, 5.41) is 17.2. The van der Waals surface area contributed by atoms with Crippen molar-refractivity contribution in [1.82, 2.24) is 15.0 Å². The second-order valence-electron chi connectivity index (χ2n) is 6.08. The Morgan fingerprint density at radius 2 is 1.80 bits per heavy atom. The molecule has 0 aromatic carbocycles. The molecule has 1 fully saturated rings. The summed E-state index contributed by atoms with van der Waals surface area (Å²) in [6.45, 7) is 2.88. The Balaban J connectivity index is 0.000000553. The van der Waals surface area contributed by atoms with Crippen molar-refractivity contribution in [3.8, 4) is 6.07 Å². The predicted molar refractivity (Wildman–Crippen MR) is 98.3 cm³/mol. The number of pyridine rings is 1. The number of aromatic nitrogens is 1. The van der Waals surface area contributed by atoms with Crippen molar-refractivity contribution in [2.45, 2.75) is 0 Å². The van der Waals surface area contributed by atoms with E-state index in [-0.39, 0.29) is 5.71 Å². The summed E-state index contributed by atoms with van der Waals surface area (Å²) < 4.78 is 66.3. The number of hydrogen-bond donors (Lipinski definition) is 0. The van der Waals surface area contributed by atoms with Gasteiger partial charge in [-0.25, -0.2) is 4.58 Å². The first kappa shape index (κ1) is 25.5. The monoisotopic (exact) mass is 462 g/mol. The van der Waals surface area contributed by atoms with E-state index in [9.17, 15) is 30.4 Å². The summed E-state index contributed by atoms with van der Waals surface area (Å²) >= 11 is 0. The molecule has 1 aromatic heterocycles. The summed E-state index contributed by atoms with van der Waals surface area (Å²) in [4.78, 5) is 9.65. The van der Waals surface area contributed by atoms with Gasteiger partial charge in [-0.3, -0.25) is 9.82 Å². The maximum atomic E-state index is 9.87. The zero-order valence-corrected chi connectivity index (χ0v) is 17.2. The molecule has 0 saturated carbocycles. The van der Waals surface area contributed by atoms with Crippen LogP contribution in [0.25, 0.3) is 0 Å². The number of nitriles is 1. The van der Waals surface area contributed by atoms with E-state index < -0.39 is 7.81 Å². The average molecular weight is 462 g/mol. The van der Waals surface area contributed by atoms with Crippen LogP contribution in [0.1, 0.15) is 5.69 Å². The van der Waals surface area contributed by atoms with Gasteiger partial charge in [-0.1, -0.05) is 11.2 Å². The van der Waals surface area contributed by atoms with Crippen molar-refractivity contribution in [2.24, 2.45) is 5.16 Å². The first-order valence-corrected chi connectivity index (χ1v) is 10.3. The van der Waals surface area contributed by atoms with Crippen molar-refractivity contribution >= 4 is 19.5 Å². The van der Waals surface area contributed by atoms with Crippen LogP contribution in [0.15, 0.2) is 29.6 Å². The molecule has 0 bridgehead atoms. The third kappa shape index (κ3) is 11.5. The van der Waals surface area contributed by atoms with Crippen LogP contribution >= 0.6 is 7.81 Å². The topological polar surface area (TPSA) is 77.0 Å². The van der Waals surface area contributed by atoms with Crippen LogP contribution in [-0.2, 0) is 9.57 Å². The van der Waals surface area contributed by atoms with Gasteiger partial charge in [-0.05, 0) is 12.1 Å². The van der Waals surface area contributed by atoms with Crippen molar-refractivity contribution in [3.63, 3.8) is 0 Å². The predicted octanol–water partition coefficient (Wildman–Crippen LogP) is 3.52. The van der Waals surface area contributed by atoms with E-state index in [1.165, 1.54) is 0 Å². The summed E-state index contributed by atoms with van der Waals surface area (Å²) in [6.07, 6.45) is 1.61. The van der Waals surface area contributed by atoms with Crippen molar-refractivity contribution < 1.29 is 39.3 Å². The molecule has 1 aliphatic heterocycles. The molecular weight excluding hydrogens is 441 g/mol. The summed E-state index contributed by atoms with van der Waals surface area (Å²) in [7, 11) is -5.05. The molecule has 15 heteroatoms. The Hall–Kier alpha value is -2.49. The van der Waals surface area contributed by atoms with Crippen LogP contribution in [0.4, 0.5) is 25.2 Å². The first-order valence-electron chi connectivity index (χ1n) is 8.32. The average Bonchev–Trinajstić information content (AvgIpc) is 2.63. The molecular formula is C15H21F6N6O2P. The van der Waals surface area contributed by atoms with Gasteiger partial charge >= 0.3 is 39.0 Å². The number of hydrazine groups is 1. The molecule has 30 heavy (non-hydrogen) atoms. The number of hydrogen-bond acceptors (Lipinski definition) is 6. The van der Waals surface area contributed by atoms with Gasteiger partial charge in [0.15, 0.2) is 0 Å². The molecule has 0 amide bonds. The third-order valence-electron chi connectivity index (χ3n) is 3.30. The number of rotatable bonds is 3. The van der Waals surface area contributed by atoms with Crippen LogP contribution in [0.5, 0.6) is 0 Å². The van der Waals surface area contributed by atoms with Crippen LogP contribution in [0, 0.1) is 11.3 Å². The Kier molecular flexibility index (Phi) is 7.76. The van der Waals surface area contributed by atoms with Gasteiger partial charge in [0.25, 0.3) is 0 Å². The van der Waals surface area contributed by atoms with Gasteiger partial charge in [0.05, 0.1) is 47.4 Å². The molecule has 8 nitrogen and oxygen atoms in total. The Morgan fingerprint density at radius 3 is 2.23 bits per heavy atom. The molecule has 0 aliphatic carbocycles. The minimum absolute atomic E-state index is 0.125. The van der Waals surface area contributed by atoms with E-state index in [0.29, 0.717) is 24.9 Å². The van der Waals surface area contributed by atoms with Crippen molar-refractivity contribution in [1.29, 1.82) is 5.26 Å². The van der Waals surface area contributed by atoms with Crippen molar-refractivity contribution in [2.75, 3.05) is 47.4 Å². The molecule has 1 saturated heterocycles. The van der Waals surface area contributed by atoms with Gasteiger partial charge in [-0.15, -0.1) is 10.0 Å². The van der Waals surface area contributed by atoms with E-state index in [2.05, 4.69) is 15.1 Å². The van der Waals surface area contributed by atoms with E-state index >= 15 is 0 Å². The molecule has 0 atom stereocenters. The van der Waals surface area contributed by atoms with Crippen LogP contribution in [0.2, 0.25) is 0 Å². The summed E-state index contributed by atoms with van der Waals surface area (Å²) in [6, 6.07) is 7.81. The van der Waals surface area contributed by atoms with Gasteiger partial charge in [-0.2, -0.15) is 5.26 Å². The molecule has 2 rings (SSSR count). The Morgan fingerprint density at radius 1 is 1.23 bits per heavy atom. The Bertz CT molecular complexity index is 804. The number of halogens is 6. The first-order chi connectivity index (χ1) is 13.6. The molecule has 170 valence electrons. The molecule has 2 heterocycles. The number of ether oxygens (including phenoxy) is 1. The fraction of sp³-hybridized carbons (Fsp3) is 0.467. The fourth-order valence-corrected chi connectivity index (χ4v) is 2.12. The fourth-order valence-electron chi connectivity index (χ4n) is 2.12. The standard InChI is InChI=1S/C15H21N6O2.F6P/c1-19(2)15(20(3)21-8-10-22-11-9-21)23-18-14(12-16)13-6-4-5-7-17-13;1-7(2,3,4,5)6/h4-7H,8-11H2,1-3H3;/q+1;-1. The zero-order valence-electron chi connectivity index (χ0n) is 16.4. The molecule has 1 aliphatic rings. The number of amidine groups is 1. The van der Waals surface area contributed by atoms with Gasteiger partial charge in [0.1, 0.15) is 11.8 Å². The van der Waals surface area contributed by atoms with E-state index in [0.717, 1.165) is 13.1 Å². The van der Waals surface area contributed by atoms with Crippen molar-refractivity contribution in [3.05, 3.63) is 30.1 Å². The molecule has 0 spiro atoms.